The van der Waals surface area contributed by atoms with Crippen molar-refractivity contribution < 1.29 is 61.0 Å². The first kappa shape index (κ1) is 30.9. The summed E-state index contributed by atoms with van der Waals surface area (Å²) in [6.07, 6.45) is -1.47. The van der Waals surface area contributed by atoms with Crippen molar-refractivity contribution in [2.24, 2.45) is 0 Å². The smallest absolute Gasteiger partial charge is 0.268 e. The summed E-state index contributed by atoms with van der Waals surface area (Å²) in [5, 5.41) is 16.8. The maximum atomic E-state index is 11.0. The molecule has 0 rings (SSSR count). The van der Waals surface area contributed by atoms with Crippen LogP contribution < -0.4 is 9.79 Å². The number of aliphatic hydroxyl groups is 2. The van der Waals surface area contributed by atoms with E-state index in [4.69, 9.17) is 10.2 Å². The van der Waals surface area contributed by atoms with Crippen LogP contribution in [0.4, 0.5) is 0 Å². The predicted molar refractivity (Wildman–Crippen MR) is 99.1 cm³/mol. The van der Waals surface area contributed by atoms with Gasteiger partial charge >= 0.3 is 0 Å². The number of phosphoric ester groups is 2. The van der Waals surface area contributed by atoms with Crippen LogP contribution in [-0.4, -0.2) is 114 Å². The SMILES string of the molecule is C[N+](C)(C)CCOP(=O)([O-])OCC(O)O.C[N+](C)(C)CCOP(=O)([O-])OCC=O. The van der Waals surface area contributed by atoms with Gasteiger partial charge in [0.1, 0.15) is 45.8 Å². The van der Waals surface area contributed by atoms with E-state index in [9.17, 15) is 23.7 Å². The second kappa shape index (κ2) is 13.9. The fourth-order valence-corrected chi connectivity index (χ4v) is 2.53. The Bertz CT molecular complexity index is 547. The van der Waals surface area contributed by atoms with Crippen molar-refractivity contribution in [2.75, 3.05) is 81.8 Å². The van der Waals surface area contributed by atoms with Crippen molar-refractivity contribution in [1.29, 1.82) is 0 Å². The maximum absolute atomic E-state index is 11.0. The number of quaternary nitrogens is 2. The Hall–Kier alpha value is -0.270. The lowest BCUT2D eigenvalue weighted by atomic mass is 10.5. The largest absolute Gasteiger partial charge is 0.756 e. The molecule has 0 aliphatic carbocycles. The third-order valence-electron chi connectivity index (χ3n) is 2.71. The van der Waals surface area contributed by atoms with Crippen molar-refractivity contribution in [3.63, 3.8) is 0 Å². The third kappa shape index (κ3) is 25.7. The molecule has 0 saturated carbocycles. The maximum Gasteiger partial charge on any atom is 0.268 e. The fraction of sp³-hybridized carbons (Fsp3) is 0.929. The molecule has 13 nitrogen and oxygen atoms in total. The highest BCUT2D eigenvalue weighted by molar-refractivity contribution is 7.46. The second-order valence-corrected chi connectivity index (χ2v) is 10.6. The van der Waals surface area contributed by atoms with Crippen molar-refractivity contribution in [3.05, 3.63) is 0 Å². The molecule has 2 N–H and O–H groups in total. The van der Waals surface area contributed by atoms with Gasteiger partial charge in [0.2, 0.25) is 0 Å². The Morgan fingerprint density at radius 2 is 1.21 bits per heavy atom. The van der Waals surface area contributed by atoms with Gasteiger partial charge in [-0.1, -0.05) is 0 Å². The van der Waals surface area contributed by atoms with Crippen LogP contribution in [-0.2, 0) is 32.0 Å². The van der Waals surface area contributed by atoms with Gasteiger partial charge in [0.15, 0.2) is 6.29 Å². The van der Waals surface area contributed by atoms with Gasteiger partial charge < -0.3 is 51.9 Å². The van der Waals surface area contributed by atoms with Crippen LogP contribution in [0.5, 0.6) is 0 Å². The minimum atomic E-state index is -4.41. The first-order chi connectivity index (χ1) is 12.9. The number of carbonyl (C=O) groups is 1. The minimum Gasteiger partial charge on any atom is -0.756 e. The number of carbonyl (C=O) groups excluding carboxylic acids is 1. The molecule has 0 bridgehead atoms. The van der Waals surface area contributed by atoms with E-state index in [1.165, 1.54) is 0 Å². The Kier molecular flexibility index (Phi) is 14.8. The predicted octanol–water partition coefficient (Wildman–Crippen LogP) is -2.10. The van der Waals surface area contributed by atoms with Gasteiger partial charge in [0.05, 0.1) is 42.3 Å². The summed E-state index contributed by atoms with van der Waals surface area (Å²) in [6.45, 7) is -0.140. The Balaban J connectivity index is 0. The highest BCUT2D eigenvalue weighted by Gasteiger charge is 2.14. The Labute approximate surface area is 171 Å². The van der Waals surface area contributed by atoms with Gasteiger partial charge in [0.25, 0.3) is 15.6 Å². The van der Waals surface area contributed by atoms with Crippen LogP contribution in [0.1, 0.15) is 0 Å². The molecule has 0 saturated heterocycles. The zero-order valence-corrected chi connectivity index (χ0v) is 19.5. The van der Waals surface area contributed by atoms with Gasteiger partial charge in [0, 0.05) is 0 Å². The van der Waals surface area contributed by atoms with Crippen LogP contribution in [0.2, 0.25) is 0 Å². The van der Waals surface area contributed by atoms with E-state index in [0.29, 0.717) is 28.3 Å². The lowest BCUT2D eigenvalue weighted by Gasteiger charge is -2.27. The zero-order valence-electron chi connectivity index (χ0n) is 17.8. The summed E-state index contributed by atoms with van der Waals surface area (Å²) in [7, 11) is 2.68. The summed E-state index contributed by atoms with van der Waals surface area (Å²) >= 11 is 0. The molecule has 0 fully saturated rings. The van der Waals surface area contributed by atoms with Crippen molar-refractivity contribution in [1.82, 2.24) is 0 Å². The normalized spacial score (nSPS) is 16.5. The van der Waals surface area contributed by atoms with E-state index in [1.54, 1.807) is 0 Å². The molecular formula is C14H34N2O11P2. The van der Waals surface area contributed by atoms with Crippen LogP contribution >= 0.6 is 15.6 Å². The molecule has 0 spiro atoms. The van der Waals surface area contributed by atoms with E-state index in [-0.39, 0.29) is 13.2 Å². The number of aldehydes is 1. The molecule has 0 aromatic rings. The molecule has 176 valence electrons. The summed E-state index contributed by atoms with van der Waals surface area (Å²) in [4.78, 5) is 31.7. The van der Waals surface area contributed by atoms with Gasteiger partial charge in [-0.2, -0.15) is 0 Å². The highest BCUT2D eigenvalue weighted by Crippen LogP contribution is 2.38. The summed E-state index contributed by atoms with van der Waals surface area (Å²) in [5.41, 5.74) is 0. The van der Waals surface area contributed by atoms with E-state index in [2.05, 4.69) is 18.1 Å². The van der Waals surface area contributed by atoms with E-state index < -0.39 is 35.1 Å². The average molecular weight is 468 g/mol. The monoisotopic (exact) mass is 468 g/mol. The first-order valence-electron chi connectivity index (χ1n) is 8.50. The lowest BCUT2D eigenvalue weighted by Crippen LogP contribution is -2.37. The average Bonchev–Trinajstić information content (AvgIpc) is 2.49. The third-order valence-corrected chi connectivity index (χ3v) is 4.63. The van der Waals surface area contributed by atoms with Crippen LogP contribution in [0.3, 0.4) is 0 Å². The molecular weight excluding hydrogens is 434 g/mol. The van der Waals surface area contributed by atoms with Crippen LogP contribution in [0.15, 0.2) is 0 Å². The second-order valence-electron chi connectivity index (χ2n) is 7.83. The van der Waals surface area contributed by atoms with Crippen LogP contribution in [0, 0.1) is 0 Å². The number of hydrogen-bond donors (Lipinski definition) is 2. The molecule has 0 aromatic carbocycles. The van der Waals surface area contributed by atoms with Crippen molar-refractivity contribution >= 4 is 21.9 Å². The molecule has 29 heavy (non-hydrogen) atoms. The molecule has 0 aliphatic rings. The van der Waals surface area contributed by atoms with E-state index >= 15 is 0 Å². The first-order valence-corrected chi connectivity index (χ1v) is 11.4. The molecule has 2 unspecified atom stereocenters. The highest BCUT2D eigenvalue weighted by atomic mass is 31.2. The summed E-state index contributed by atoms with van der Waals surface area (Å²) < 4.78 is 40.4. The van der Waals surface area contributed by atoms with E-state index in [1.807, 2.05) is 42.3 Å². The number of nitrogens with zero attached hydrogens (tertiary/aromatic N) is 2. The minimum absolute atomic E-state index is 0.00813. The fourth-order valence-electron chi connectivity index (χ4n) is 1.21. The molecule has 15 heteroatoms. The molecule has 0 amide bonds. The van der Waals surface area contributed by atoms with Gasteiger partial charge in [-0.15, -0.1) is 0 Å². The molecule has 0 aliphatic heterocycles. The Morgan fingerprint density at radius 1 is 0.828 bits per heavy atom. The topological polar surface area (TPSA) is 175 Å². The van der Waals surface area contributed by atoms with E-state index in [0.717, 1.165) is 0 Å². The van der Waals surface area contributed by atoms with Crippen molar-refractivity contribution in [3.8, 4) is 0 Å². The molecule has 0 heterocycles. The standard InChI is InChI=1S/C7H18NO6P.C7H16NO5P/c1-8(2,3)4-5-13-15(11,12)14-6-7(9)10;1-8(2,3)4-6-12-14(10,11)13-7-5-9/h7,9-10H,4-6H2,1-3H3;5H,4,6-7H2,1-3H3. The van der Waals surface area contributed by atoms with Gasteiger partial charge in [-0.05, 0) is 0 Å². The number of aliphatic hydroxyl groups excluding tert-OH is 1. The zero-order chi connectivity index (χ0) is 23.4. The number of phosphoric acid groups is 2. The quantitative estimate of drug-likeness (QED) is 0.124. The summed E-state index contributed by atoms with van der Waals surface area (Å²) in [5.74, 6) is 0. The van der Waals surface area contributed by atoms with Gasteiger partial charge in [-0.25, -0.2) is 0 Å². The molecule has 2 atom stereocenters. The Morgan fingerprint density at radius 3 is 1.52 bits per heavy atom. The molecule has 0 aromatic heterocycles. The van der Waals surface area contributed by atoms with Crippen LogP contribution in [0.25, 0.3) is 0 Å². The molecule has 0 radical (unpaired) electrons. The lowest BCUT2D eigenvalue weighted by molar-refractivity contribution is -0.870. The number of rotatable bonds is 14. The number of hydrogen-bond acceptors (Lipinski definition) is 11. The summed E-state index contributed by atoms with van der Waals surface area (Å²) in [6, 6.07) is 0. The van der Waals surface area contributed by atoms with Gasteiger partial charge in [-0.3, -0.25) is 9.13 Å². The van der Waals surface area contributed by atoms with Crippen molar-refractivity contribution in [2.45, 2.75) is 6.29 Å². The number of likely N-dealkylation sites (N-methyl/N-ethyl adjacent to an activating group) is 2.